The van der Waals surface area contributed by atoms with E-state index in [-0.39, 0.29) is 6.04 Å². The molecule has 0 aliphatic carbocycles. The third-order valence-electron chi connectivity index (χ3n) is 2.73. The van der Waals surface area contributed by atoms with Gasteiger partial charge in [0.1, 0.15) is 0 Å². The molecule has 0 bridgehead atoms. The number of hydrogen-bond donors (Lipinski definition) is 2. The fraction of sp³-hybridized carbons (Fsp3) is 0.538. The first kappa shape index (κ1) is 15.4. The van der Waals surface area contributed by atoms with Crippen LogP contribution < -0.4 is 11.3 Å². The van der Waals surface area contributed by atoms with Gasteiger partial charge >= 0.3 is 0 Å². The third kappa shape index (κ3) is 5.67. The minimum atomic E-state index is 0.0689. The summed E-state index contributed by atoms with van der Waals surface area (Å²) in [7, 11) is 3.62. The van der Waals surface area contributed by atoms with Crippen LogP contribution in [0.15, 0.2) is 29.5 Å². The Bertz CT molecular complexity index is 382. The molecule has 0 amide bonds. The maximum atomic E-state index is 5.51. The second kappa shape index (κ2) is 8.44. The van der Waals surface area contributed by atoms with Gasteiger partial charge in [-0.3, -0.25) is 10.4 Å². The van der Waals surface area contributed by atoms with Gasteiger partial charge in [-0.25, -0.2) is 10.8 Å². The van der Waals surface area contributed by atoms with Gasteiger partial charge in [-0.05, 0) is 31.0 Å². The molecule has 0 radical (unpaired) electrons. The lowest BCUT2D eigenvalue weighted by Gasteiger charge is -2.21. The monoisotopic (exact) mass is 265 g/mol. The highest BCUT2D eigenvalue weighted by atomic mass is 16.5. The Hall–Kier alpha value is -1.66. The second-order valence-electron chi connectivity index (χ2n) is 4.43. The summed E-state index contributed by atoms with van der Waals surface area (Å²) >= 11 is 0. The summed E-state index contributed by atoms with van der Waals surface area (Å²) in [6, 6.07) is 4.08. The average molecular weight is 265 g/mol. The molecule has 0 saturated heterocycles. The zero-order valence-corrected chi connectivity index (χ0v) is 11.8. The van der Waals surface area contributed by atoms with Crippen molar-refractivity contribution in [3.63, 3.8) is 0 Å². The van der Waals surface area contributed by atoms with E-state index in [0.29, 0.717) is 12.6 Å². The summed E-state index contributed by atoms with van der Waals surface area (Å²) in [6.07, 6.45) is 4.51. The molecule has 6 nitrogen and oxygen atoms in total. The number of hydrogen-bond acceptors (Lipinski definition) is 4. The summed E-state index contributed by atoms with van der Waals surface area (Å²) in [5, 5.41) is 0. The molecule has 0 aliphatic heterocycles. The molecule has 1 rings (SSSR count). The Labute approximate surface area is 114 Å². The number of ether oxygens (including phenoxy) is 1. The fourth-order valence-corrected chi connectivity index (χ4v) is 1.69. The molecular weight excluding hydrogens is 242 g/mol. The van der Waals surface area contributed by atoms with Crippen molar-refractivity contribution < 1.29 is 4.74 Å². The Morgan fingerprint density at radius 2 is 2.21 bits per heavy atom. The average Bonchev–Trinajstić information content (AvgIpc) is 2.43. The lowest BCUT2D eigenvalue weighted by atomic mass is 10.2. The molecule has 1 heterocycles. The van der Waals surface area contributed by atoms with Crippen molar-refractivity contribution in [2.24, 2.45) is 10.8 Å². The SMILES string of the molecule is COCC(C)N=C(NN)N(C)CCc1ccncc1. The third-order valence-corrected chi connectivity index (χ3v) is 2.73. The van der Waals surface area contributed by atoms with Gasteiger partial charge in [0.25, 0.3) is 0 Å². The molecule has 0 aromatic carbocycles. The molecule has 6 heteroatoms. The van der Waals surface area contributed by atoms with Crippen molar-refractivity contribution in [2.45, 2.75) is 19.4 Å². The lowest BCUT2D eigenvalue weighted by Crippen LogP contribution is -2.44. The fourth-order valence-electron chi connectivity index (χ4n) is 1.69. The van der Waals surface area contributed by atoms with Crippen LogP contribution in [0, 0.1) is 0 Å². The van der Waals surface area contributed by atoms with E-state index >= 15 is 0 Å². The predicted molar refractivity (Wildman–Crippen MR) is 76.7 cm³/mol. The summed E-state index contributed by atoms with van der Waals surface area (Å²) < 4.78 is 5.06. The normalized spacial score (nSPS) is 13.2. The highest BCUT2D eigenvalue weighted by molar-refractivity contribution is 5.79. The zero-order chi connectivity index (χ0) is 14.1. The van der Waals surface area contributed by atoms with Crippen LogP contribution in [-0.4, -0.2) is 49.2 Å². The van der Waals surface area contributed by atoms with Crippen molar-refractivity contribution in [1.82, 2.24) is 15.3 Å². The highest BCUT2D eigenvalue weighted by Gasteiger charge is 2.07. The number of pyridine rings is 1. The number of likely N-dealkylation sites (N-methyl/N-ethyl adjacent to an activating group) is 1. The first-order chi connectivity index (χ1) is 9.17. The summed E-state index contributed by atoms with van der Waals surface area (Å²) in [5.41, 5.74) is 3.87. The van der Waals surface area contributed by atoms with Gasteiger partial charge in [-0.2, -0.15) is 0 Å². The number of methoxy groups -OCH3 is 1. The molecule has 3 N–H and O–H groups in total. The van der Waals surface area contributed by atoms with Crippen molar-refractivity contribution in [1.29, 1.82) is 0 Å². The zero-order valence-electron chi connectivity index (χ0n) is 11.8. The van der Waals surface area contributed by atoms with Crippen molar-refractivity contribution >= 4 is 5.96 Å². The Morgan fingerprint density at radius 3 is 2.79 bits per heavy atom. The number of rotatable bonds is 6. The van der Waals surface area contributed by atoms with E-state index in [4.69, 9.17) is 10.6 Å². The van der Waals surface area contributed by atoms with E-state index in [0.717, 1.165) is 13.0 Å². The van der Waals surface area contributed by atoms with Gasteiger partial charge < -0.3 is 9.64 Å². The van der Waals surface area contributed by atoms with E-state index in [9.17, 15) is 0 Å². The van der Waals surface area contributed by atoms with Crippen molar-refractivity contribution in [3.05, 3.63) is 30.1 Å². The molecule has 1 aromatic rings. The van der Waals surface area contributed by atoms with Gasteiger partial charge in [-0.15, -0.1) is 0 Å². The quantitative estimate of drug-likeness (QED) is 0.337. The van der Waals surface area contributed by atoms with Crippen molar-refractivity contribution in [2.75, 3.05) is 27.3 Å². The molecule has 106 valence electrons. The van der Waals surface area contributed by atoms with Gasteiger partial charge in [0.2, 0.25) is 5.96 Å². The van der Waals surface area contributed by atoms with Crippen LogP contribution in [0.1, 0.15) is 12.5 Å². The van der Waals surface area contributed by atoms with Crippen LogP contribution in [-0.2, 0) is 11.2 Å². The molecule has 0 saturated carbocycles. The van der Waals surface area contributed by atoms with E-state index in [1.165, 1.54) is 5.56 Å². The molecule has 1 atom stereocenters. The van der Waals surface area contributed by atoms with Crippen LogP contribution in [0.3, 0.4) is 0 Å². The summed E-state index contributed by atoms with van der Waals surface area (Å²) in [4.78, 5) is 10.5. The summed E-state index contributed by atoms with van der Waals surface area (Å²) in [6.45, 7) is 3.38. The van der Waals surface area contributed by atoms with Crippen LogP contribution >= 0.6 is 0 Å². The van der Waals surface area contributed by atoms with Gasteiger partial charge in [0.15, 0.2) is 0 Å². The van der Waals surface area contributed by atoms with Gasteiger partial charge in [-0.1, -0.05) is 0 Å². The Balaban J connectivity index is 2.52. The smallest absolute Gasteiger partial charge is 0.208 e. The van der Waals surface area contributed by atoms with Crippen LogP contribution in [0.25, 0.3) is 0 Å². The molecule has 1 unspecified atom stereocenters. The lowest BCUT2D eigenvalue weighted by molar-refractivity contribution is 0.185. The number of nitrogens with zero attached hydrogens (tertiary/aromatic N) is 3. The second-order valence-corrected chi connectivity index (χ2v) is 4.43. The molecule has 1 aromatic heterocycles. The number of aromatic nitrogens is 1. The van der Waals surface area contributed by atoms with Crippen LogP contribution in [0.2, 0.25) is 0 Å². The molecular formula is C13H23N5O. The van der Waals surface area contributed by atoms with E-state index in [2.05, 4.69) is 15.4 Å². The minimum absolute atomic E-state index is 0.0689. The van der Waals surface area contributed by atoms with E-state index in [1.807, 2.05) is 31.0 Å². The first-order valence-corrected chi connectivity index (χ1v) is 6.30. The molecule has 19 heavy (non-hydrogen) atoms. The maximum absolute atomic E-state index is 5.51. The standard InChI is InChI=1S/C13H23N5O/c1-11(10-19-3)16-13(17-14)18(2)9-6-12-4-7-15-8-5-12/h4-5,7-8,11H,6,9-10,14H2,1-3H3,(H,16,17). The number of aliphatic imine (C=N–C) groups is 1. The Morgan fingerprint density at radius 1 is 1.53 bits per heavy atom. The maximum Gasteiger partial charge on any atom is 0.208 e. The topological polar surface area (TPSA) is 75.8 Å². The largest absolute Gasteiger partial charge is 0.382 e. The van der Waals surface area contributed by atoms with E-state index < -0.39 is 0 Å². The molecule has 0 fully saturated rings. The Kier molecular flexibility index (Phi) is 6.84. The predicted octanol–water partition coefficient (Wildman–Crippen LogP) is 0.410. The van der Waals surface area contributed by atoms with Crippen molar-refractivity contribution in [3.8, 4) is 0 Å². The number of guanidine groups is 1. The first-order valence-electron chi connectivity index (χ1n) is 6.30. The number of hydrazine groups is 1. The molecule has 0 spiro atoms. The van der Waals surface area contributed by atoms with Crippen LogP contribution in [0.4, 0.5) is 0 Å². The van der Waals surface area contributed by atoms with E-state index in [1.54, 1.807) is 19.5 Å². The summed E-state index contributed by atoms with van der Waals surface area (Å²) in [5.74, 6) is 6.18. The molecule has 0 aliphatic rings. The van der Waals surface area contributed by atoms with Gasteiger partial charge in [0.05, 0.1) is 12.6 Å². The number of nitrogens with one attached hydrogen (secondary N) is 1. The van der Waals surface area contributed by atoms with Crippen LogP contribution in [0.5, 0.6) is 0 Å². The number of nitrogens with two attached hydrogens (primary N) is 1. The highest BCUT2D eigenvalue weighted by Crippen LogP contribution is 2.00. The van der Waals surface area contributed by atoms with Gasteiger partial charge in [0, 0.05) is 33.1 Å². The minimum Gasteiger partial charge on any atom is -0.382 e.